The van der Waals surface area contributed by atoms with Gasteiger partial charge in [0.2, 0.25) is 0 Å². The SMILES string of the molecule is C=CCN(C(=O)NCC(CC(=O)O)OC)C(C)C. The number of rotatable bonds is 8. The molecule has 0 aliphatic rings. The van der Waals surface area contributed by atoms with Crippen LogP contribution in [0.1, 0.15) is 20.3 Å². The summed E-state index contributed by atoms with van der Waals surface area (Å²) in [7, 11) is 1.42. The van der Waals surface area contributed by atoms with Gasteiger partial charge in [0, 0.05) is 26.2 Å². The first-order chi connectivity index (χ1) is 8.42. The average molecular weight is 258 g/mol. The van der Waals surface area contributed by atoms with Gasteiger partial charge in [-0.3, -0.25) is 4.79 Å². The van der Waals surface area contributed by atoms with Crippen LogP contribution in [0.15, 0.2) is 12.7 Å². The van der Waals surface area contributed by atoms with Crippen molar-refractivity contribution in [1.29, 1.82) is 0 Å². The van der Waals surface area contributed by atoms with Gasteiger partial charge in [0.1, 0.15) is 0 Å². The summed E-state index contributed by atoms with van der Waals surface area (Å²) in [5, 5.41) is 11.3. The highest BCUT2D eigenvalue weighted by atomic mass is 16.5. The molecule has 0 saturated carbocycles. The molecule has 1 unspecified atom stereocenters. The molecule has 0 bridgehead atoms. The Hall–Kier alpha value is -1.56. The van der Waals surface area contributed by atoms with Gasteiger partial charge in [-0.1, -0.05) is 6.08 Å². The molecule has 0 rings (SSSR count). The van der Waals surface area contributed by atoms with Crippen molar-refractivity contribution < 1.29 is 19.4 Å². The molecule has 18 heavy (non-hydrogen) atoms. The molecule has 0 aromatic carbocycles. The van der Waals surface area contributed by atoms with Crippen LogP contribution in [0, 0.1) is 0 Å². The number of carboxylic acids is 1. The Kier molecular flexibility index (Phi) is 7.78. The molecular weight excluding hydrogens is 236 g/mol. The van der Waals surface area contributed by atoms with Crippen LogP contribution >= 0.6 is 0 Å². The number of methoxy groups -OCH3 is 1. The molecule has 0 saturated heterocycles. The fourth-order valence-corrected chi connectivity index (χ4v) is 1.40. The van der Waals surface area contributed by atoms with E-state index >= 15 is 0 Å². The highest BCUT2D eigenvalue weighted by Gasteiger charge is 2.18. The molecular formula is C12H22N2O4. The smallest absolute Gasteiger partial charge is 0.318 e. The number of carbonyl (C=O) groups is 2. The third-order valence-electron chi connectivity index (χ3n) is 2.43. The first-order valence-corrected chi connectivity index (χ1v) is 5.82. The second-order valence-electron chi connectivity index (χ2n) is 4.18. The van der Waals surface area contributed by atoms with Crippen molar-refractivity contribution in [2.45, 2.75) is 32.4 Å². The molecule has 0 aliphatic carbocycles. The fraction of sp³-hybridized carbons (Fsp3) is 0.667. The normalized spacial score (nSPS) is 12.0. The van der Waals surface area contributed by atoms with Gasteiger partial charge in [0.15, 0.2) is 0 Å². The van der Waals surface area contributed by atoms with E-state index in [1.807, 2.05) is 13.8 Å². The average Bonchev–Trinajstić information content (AvgIpc) is 2.30. The zero-order valence-electron chi connectivity index (χ0n) is 11.2. The highest BCUT2D eigenvalue weighted by molar-refractivity contribution is 5.74. The minimum atomic E-state index is -0.956. The van der Waals surface area contributed by atoms with Crippen LogP contribution in [-0.4, -0.2) is 54.4 Å². The van der Waals surface area contributed by atoms with E-state index in [-0.39, 0.29) is 25.0 Å². The maximum absolute atomic E-state index is 11.8. The number of nitrogens with one attached hydrogen (secondary N) is 1. The molecule has 6 heteroatoms. The third kappa shape index (κ3) is 6.24. The number of urea groups is 1. The molecule has 0 aromatic rings. The number of carbonyl (C=O) groups excluding carboxylic acids is 1. The van der Waals surface area contributed by atoms with E-state index in [0.717, 1.165) is 0 Å². The standard InChI is InChI=1S/C12H22N2O4/c1-5-6-14(9(2)3)12(17)13-8-10(18-4)7-11(15)16/h5,9-10H,1,6-8H2,2-4H3,(H,13,17)(H,15,16). The third-order valence-corrected chi connectivity index (χ3v) is 2.43. The fourth-order valence-electron chi connectivity index (χ4n) is 1.40. The quantitative estimate of drug-likeness (QED) is 0.639. The molecule has 1 atom stereocenters. The highest BCUT2D eigenvalue weighted by Crippen LogP contribution is 2.00. The summed E-state index contributed by atoms with van der Waals surface area (Å²) >= 11 is 0. The van der Waals surface area contributed by atoms with Crippen molar-refractivity contribution in [3.8, 4) is 0 Å². The number of aliphatic carboxylic acids is 1. The van der Waals surface area contributed by atoms with Gasteiger partial charge in [0.05, 0.1) is 12.5 Å². The lowest BCUT2D eigenvalue weighted by molar-refractivity contribution is -0.139. The van der Waals surface area contributed by atoms with E-state index < -0.39 is 12.1 Å². The molecule has 0 fully saturated rings. The Bertz CT molecular complexity index is 292. The Balaban J connectivity index is 4.27. The van der Waals surface area contributed by atoms with Crippen molar-refractivity contribution in [2.24, 2.45) is 0 Å². The Morgan fingerprint density at radius 2 is 2.11 bits per heavy atom. The summed E-state index contributed by atoms with van der Waals surface area (Å²) in [5.74, 6) is -0.956. The van der Waals surface area contributed by atoms with Crippen molar-refractivity contribution in [2.75, 3.05) is 20.2 Å². The van der Waals surface area contributed by atoms with Crippen molar-refractivity contribution in [1.82, 2.24) is 10.2 Å². The molecule has 0 heterocycles. The van der Waals surface area contributed by atoms with Gasteiger partial charge >= 0.3 is 12.0 Å². The largest absolute Gasteiger partial charge is 0.481 e. The molecule has 6 nitrogen and oxygen atoms in total. The maximum atomic E-state index is 11.8. The van der Waals surface area contributed by atoms with Gasteiger partial charge in [0.25, 0.3) is 0 Å². The van der Waals surface area contributed by atoms with Gasteiger partial charge in [-0.2, -0.15) is 0 Å². The molecule has 2 N–H and O–H groups in total. The van der Waals surface area contributed by atoms with Crippen LogP contribution in [0.25, 0.3) is 0 Å². The van der Waals surface area contributed by atoms with Crippen molar-refractivity contribution in [3.63, 3.8) is 0 Å². The molecule has 104 valence electrons. The topological polar surface area (TPSA) is 78.9 Å². The number of hydrogen-bond donors (Lipinski definition) is 2. The van der Waals surface area contributed by atoms with E-state index in [1.54, 1.807) is 11.0 Å². The lowest BCUT2D eigenvalue weighted by atomic mass is 10.2. The van der Waals surface area contributed by atoms with Gasteiger partial charge < -0.3 is 20.1 Å². The van der Waals surface area contributed by atoms with Crippen LogP contribution in [0.5, 0.6) is 0 Å². The van der Waals surface area contributed by atoms with E-state index in [0.29, 0.717) is 6.54 Å². The number of carboxylic acid groups (broad SMARTS) is 1. The molecule has 2 amide bonds. The van der Waals surface area contributed by atoms with E-state index in [2.05, 4.69) is 11.9 Å². The van der Waals surface area contributed by atoms with Crippen LogP contribution in [0.2, 0.25) is 0 Å². The first-order valence-electron chi connectivity index (χ1n) is 5.82. The molecule has 0 aliphatic heterocycles. The van der Waals surface area contributed by atoms with Gasteiger partial charge in [-0.15, -0.1) is 6.58 Å². The zero-order valence-corrected chi connectivity index (χ0v) is 11.2. The second kappa shape index (κ2) is 8.52. The lowest BCUT2D eigenvalue weighted by Gasteiger charge is -2.26. The lowest BCUT2D eigenvalue weighted by Crippen LogP contribution is -2.46. The molecule has 0 aromatic heterocycles. The number of hydrogen-bond acceptors (Lipinski definition) is 3. The zero-order chi connectivity index (χ0) is 14.1. The van der Waals surface area contributed by atoms with E-state index in [1.165, 1.54) is 7.11 Å². The number of ether oxygens (including phenoxy) is 1. The van der Waals surface area contributed by atoms with Crippen molar-refractivity contribution in [3.05, 3.63) is 12.7 Å². The number of amides is 2. The molecule has 0 radical (unpaired) electrons. The minimum Gasteiger partial charge on any atom is -0.481 e. The Morgan fingerprint density at radius 1 is 1.50 bits per heavy atom. The summed E-state index contributed by atoms with van der Waals surface area (Å²) < 4.78 is 4.98. The number of nitrogens with zero attached hydrogens (tertiary/aromatic N) is 1. The Labute approximate surface area is 108 Å². The monoisotopic (exact) mass is 258 g/mol. The maximum Gasteiger partial charge on any atom is 0.318 e. The van der Waals surface area contributed by atoms with Gasteiger partial charge in [-0.05, 0) is 13.8 Å². The summed E-state index contributed by atoms with van der Waals surface area (Å²) in [6.07, 6.45) is 0.981. The summed E-state index contributed by atoms with van der Waals surface area (Å²) in [6, 6.07) is -0.208. The summed E-state index contributed by atoms with van der Waals surface area (Å²) in [5.41, 5.74) is 0. The predicted molar refractivity (Wildman–Crippen MR) is 68.5 cm³/mol. The van der Waals surface area contributed by atoms with Crippen LogP contribution in [0.4, 0.5) is 4.79 Å². The van der Waals surface area contributed by atoms with Crippen LogP contribution in [0.3, 0.4) is 0 Å². The van der Waals surface area contributed by atoms with Gasteiger partial charge in [-0.25, -0.2) is 4.79 Å². The van der Waals surface area contributed by atoms with Crippen LogP contribution in [-0.2, 0) is 9.53 Å². The van der Waals surface area contributed by atoms with E-state index in [9.17, 15) is 9.59 Å². The molecule has 0 spiro atoms. The first kappa shape index (κ1) is 16.4. The second-order valence-corrected chi connectivity index (χ2v) is 4.18. The predicted octanol–water partition coefficient (Wildman–Crippen LogP) is 1.08. The summed E-state index contributed by atoms with van der Waals surface area (Å²) in [4.78, 5) is 24.0. The minimum absolute atomic E-state index is 0.0449. The Morgan fingerprint density at radius 3 is 2.50 bits per heavy atom. The van der Waals surface area contributed by atoms with Crippen LogP contribution < -0.4 is 5.32 Å². The van der Waals surface area contributed by atoms with E-state index in [4.69, 9.17) is 9.84 Å². The summed E-state index contributed by atoms with van der Waals surface area (Å²) in [6.45, 7) is 8.00. The van der Waals surface area contributed by atoms with Crippen molar-refractivity contribution >= 4 is 12.0 Å².